The highest BCUT2D eigenvalue weighted by Crippen LogP contribution is 2.12. The lowest BCUT2D eigenvalue weighted by atomic mass is 10.1. The Morgan fingerprint density at radius 2 is 1.54 bits per heavy atom. The molecule has 130 valence electrons. The lowest BCUT2D eigenvalue weighted by Gasteiger charge is -2.35. The maximum absolute atomic E-state index is 12.3. The quantitative estimate of drug-likeness (QED) is 0.755. The molecular formula is C16H21ClN4O3. The van der Waals surface area contributed by atoms with Crippen LogP contribution in [-0.2, 0) is 20.8 Å². The van der Waals surface area contributed by atoms with Crippen LogP contribution in [-0.4, -0.2) is 66.8 Å². The second-order valence-corrected chi connectivity index (χ2v) is 5.98. The molecule has 0 aromatic heterocycles. The Morgan fingerprint density at radius 1 is 1.00 bits per heavy atom. The van der Waals surface area contributed by atoms with E-state index in [9.17, 15) is 14.4 Å². The molecule has 2 rings (SSSR count). The van der Waals surface area contributed by atoms with Crippen LogP contribution in [0.3, 0.4) is 0 Å². The van der Waals surface area contributed by atoms with Gasteiger partial charge in [0.25, 0.3) is 0 Å². The number of nitrogens with zero attached hydrogens (tertiary/aromatic N) is 2. The van der Waals surface area contributed by atoms with Gasteiger partial charge in [-0.3, -0.25) is 14.4 Å². The van der Waals surface area contributed by atoms with Crippen molar-refractivity contribution in [1.82, 2.24) is 15.1 Å². The van der Waals surface area contributed by atoms with Crippen LogP contribution < -0.4 is 11.1 Å². The second-order valence-electron chi connectivity index (χ2n) is 5.55. The molecule has 3 amide bonds. The topological polar surface area (TPSA) is 95.7 Å². The van der Waals surface area contributed by atoms with Gasteiger partial charge in [-0.1, -0.05) is 23.7 Å². The minimum atomic E-state index is -0.361. The highest BCUT2D eigenvalue weighted by Gasteiger charge is 2.24. The van der Waals surface area contributed by atoms with Gasteiger partial charge in [0.15, 0.2) is 0 Å². The van der Waals surface area contributed by atoms with Crippen LogP contribution in [0.15, 0.2) is 24.3 Å². The summed E-state index contributed by atoms with van der Waals surface area (Å²) in [5.41, 5.74) is 6.08. The molecule has 1 aliphatic heterocycles. The van der Waals surface area contributed by atoms with E-state index < -0.39 is 0 Å². The Morgan fingerprint density at radius 3 is 2.08 bits per heavy atom. The molecule has 1 fully saturated rings. The molecule has 8 heteroatoms. The monoisotopic (exact) mass is 352 g/mol. The summed E-state index contributed by atoms with van der Waals surface area (Å²) in [7, 11) is 0. The summed E-state index contributed by atoms with van der Waals surface area (Å²) in [5.74, 6) is -0.498. The Labute approximate surface area is 145 Å². The minimum Gasteiger partial charge on any atom is -0.346 e. The molecule has 0 bridgehead atoms. The minimum absolute atomic E-state index is 0.0286. The number of amides is 3. The van der Waals surface area contributed by atoms with Crippen molar-refractivity contribution in [2.45, 2.75) is 6.42 Å². The molecule has 0 atom stereocenters. The first-order chi connectivity index (χ1) is 11.5. The normalized spacial score (nSPS) is 14.4. The molecule has 0 spiro atoms. The molecule has 3 N–H and O–H groups in total. The van der Waals surface area contributed by atoms with Crippen LogP contribution >= 0.6 is 11.6 Å². The number of carbonyl (C=O) groups is 3. The summed E-state index contributed by atoms with van der Waals surface area (Å²) in [6.45, 7) is 1.70. The smallest absolute Gasteiger partial charge is 0.242 e. The Bertz CT molecular complexity index is 598. The summed E-state index contributed by atoms with van der Waals surface area (Å²) >= 11 is 5.83. The van der Waals surface area contributed by atoms with E-state index in [0.29, 0.717) is 37.6 Å². The number of benzene rings is 1. The van der Waals surface area contributed by atoms with Crippen LogP contribution in [0.4, 0.5) is 0 Å². The Hall–Kier alpha value is -2.12. The zero-order valence-electron chi connectivity index (χ0n) is 13.3. The van der Waals surface area contributed by atoms with Gasteiger partial charge < -0.3 is 20.9 Å². The summed E-state index contributed by atoms with van der Waals surface area (Å²) in [6.07, 6.45) is 0.317. The van der Waals surface area contributed by atoms with Crippen molar-refractivity contribution in [2.24, 2.45) is 5.73 Å². The first-order valence-corrected chi connectivity index (χ1v) is 8.14. The van der Waals surface area contributed by atoms with E-state index in [0.717, 1.165) is 5.56 Å². The average molecular weight is 353 g/mol. The predicted octanol–water partition coefficient (Wildman–Crippen LogP) is -0.372. The summed E-state index contributed by atoms with van der Waals surface area (Å²) in [4.78, 5) is 38.7. The van der Waals surface area contributed by atoms with Gasteiger partial charge in [0.05, 0.1) is 19.5 Å². The van der Waals surface area contributed by atoms with Crippen LogP contribution in [0, 0.1) is 0 Å². The van der Waals surface area contributed by atoms with Crippen molar-refractivity contribution in [1.29, 1.82) is 0 Å². The predicted molar refractivity (Wildman–Crippen MR) is 90.4 cm³/mol. The number of hydrogen-bond acceptors (Lipinski definition) is 4. The molecule has 7 nitrogen and oxygen atoms in total. The van der Waals surface area contributed by atoms with Crippen LogP contribution in [0.1, 0.15) is 5.56 Å². The second kappa shape index (κ2) is 8.65. The number of nitrogens with one attached hydrogen (secondary N) is 1. The molecule has 1 aliphatic rings. The van der Waals surface area contributed by atoms with Crippen molar-refractivity contribution < 1.29 is 14.4 Å². The van der Waals surface area contributed by atoms with Gasteiger partial charge >= 0.3 is 0 Å². The fourth-order valence-electron chi connectivity index (χ4n) is 2.45. The largest absolute Gasteiger partial charge is 0.346 e. The van der Waals surface area contributed by atoms with E-state index in [4.69, 9.17) is 17.3 Å². The molecule has 24 heavy (non-hydrogen) atoms. The molecule has 1 aromatic carbocycles. The number of nitrogens with two attached hydrogens (primary N) is 1. The molecule has 0 saturated carbocycles. The zero-order chi connectivity index (χ0) is 17.5. The van der Waals surface area contributed by atoms with Crippen molar-refractivity contribution in [3.8, 4) is 0 Å². The number of rotatable bonds is 5. The van der Waals surface area contributed by atoms with Crippen molar-refractivity contribution >= 4 is 29.3 Å². The van der Waals surface area contributed by atoms with Gasteiger partial charge in [0, 0.05) is 31.2 Å². The zero-order valence-corrected chi connectivity index (χ0v) is 14.1. The molecule has 0 unspecified atom stereocenters. The molecule has 1 aromatic rings. The maximum Gasteiger partial charge on any atom is 0.242 e. The van der Waals surface area contributed by atoms with Gasteiger partial charge in [-0.05, 0) is 17.7 Å². The maximum atomic E-state index is 12.3. The van der Waals surface area contributed by atoms with Crippen LogP contribution in [0.25, 0.3) is 0 Å². The third-order valence-electron chi connectivity index (χ3n) is 3.88. The van der Waals surface area contributed by atoms with Gasteiger partial charge in [-0.2, -0.15) is 0 Å². The van der Waals surface area contributed by atoms with Crippen molar-refractivity contribution in [3.63, 3.8) is 0 Å². The lowest BCUT2D eigenvalue weighted by molar-refractivity contribution is -0.139. The van der Waals surface area contributed by atoms with Gasteiger partial charge in [0.2, 0.25) is 17.7 Å². The van der Waals surface area contributed by atoms with E-state index in [2.05, 4.69) is 5.32 Å². The Balaban J connectivity index is 1.77. The third kappa shape index (κ3) is 5.21. The molecular weight excluding hydrogens is 332 g/mol. The van der Waals surface area contributed by atoms with E-state index >= 15 is 0 Å². The van der Waals surface area contributed by atoms with Crippen molar-refractivity contribution in [3.05, 3.63) is 34.9 Å². The average Bonchev–Trinajstić information content (AvgIpc) is 2.61. The van der Waals surface area contributed by atoms with Gasteiger partial charge in [-0.15, -0.1) is 0 Å². The fourth-order valence-corrected chi connectivity index (χ4v) is 2.58. The van der Waals surface area contributed by atoms with E-state index in [1.165, 1.54) is 0 Å². The number of piperazine rings is 1. The highest BCUT2D eigenvalue weighted by atomic mass is 35.5. The molecule has 1 saturated heterocycles. The van der Waals surface area contributed by atoms with E-state index in [-0.39, 0.29) is 30.8 Å². The van der Waals surface area contributed by atoms with Gasteiger partial charge in [0.1, 0.15) is 0 Å². The SMILES string of the molecule is NCC(=O)NCC(=O)N1CCN(C(=O)Cc2ccc(Cl)cc2)CC1. The molecule has 0 aliphatic carbocycles. The lowest BCUT2D eigenvalue weighted by Crippen LogP contribution is -2.53. The third-order valence-corrected chi connectivity index (χ3v) is 4.13. The molecule has 1 heterocycles. The first kappa shape index (κ1) is 18.2. The van der Waals surface area contributed by atoms with E-state index in [1.54, 1.807) is 21.9 Å². The molecule has 0 radical (unpaired) electrons. The van der Waals surface area contributed by atoms with Crippen LogP contribution in [0.2, 0.25) is 5.02 Å². The summed E-state index contributed by atoms with van der Waals surface area (Å²) in [6, 6.07) is 7.19. The number of halogens is 1. The van der Waals surface area contributed by atoms with E-state index in [1.807, 2.05) is 12.1 Å². The standard InChI is InChI=1S/C16H21ClN4O3/c17-13-3-1-12(2-4-13)9-15(23)20-5-7-21(8-6-20)16(24)11-19-14(22)10-18/h1-4H,5-11,18H2,(H,19,22). The summed E-state index contributed by atoms with van der Waals surface area (Å²) < 4.78 is 0. The van der Waals surface area contributed by atoms with Gasteiger partial charge in [-0.25, -0.2) is 0 Å². The summed E-state index contributed by atoms with van der Waals surface area (Å²) in [5, 5.41) is 3.09. The highest BCUT2D eigenvalue weighted by molar-refractivity contribution is 6.30. The number of hydrogen-bond donors (Lipinski definition) is 2. The number of carbonyl (C=O) groups excluding carboxylic acids is 3. The first-order valence-electron chi connectivity index (χ1n) is 7.76. The fraction of sp³-hybridized carbons (Fsp3) is 0.438. The Kier molecular flexibility index (Phi) is 6.57. The van der Waals surface area contributed by atoms with Crippen LogP contribution in [0.5, 0.6) is 0 Å². The van der Waals surface area contributed by atoms with Crippen molar-refractivity contribution in [2.75, 3.05) is 39.3 Å².